The predicted molar refractivity (Wildman–Crippen MR) is 65.1 cm³/mol. The summed E-state index contributed by atoms with van der Waals surface area (Å²) in [6.07, 6.45) is -4.38. The van der Waals surface area contributed by atoms with E-state index in [2.05, 4.69) is 15.5 Å². The largest absolute Gasteiger partial charge is 0.416 e. The molecule has 1 fully saturated rings. The molecule has 0 saturated carbocycles. The van der Waals surface area contributed by atoms with Crippen LogP contribution in [-0.2, 0) is 6.18 Å². The molecule has 2 aromatic rings. The number of hydrogen-bond donors (Lipinski definition) is 1. The van der Waals surface area contributed by atoms with Gasteiger partial charge < -0.3 is 9.84 Å². The molecule has 1 N–H and O–H groups in total. The van der Waals surface area contributed by atoms with E-state index in [1.165, 1.54) is 13.0 Å². The molecular weight excluding hydrogens is 271 g/mol. The van der Waals surface area contributed by atoms with Gasteiger partial charge in [-0.05, 0) is 18.6 Å². The van der Waals surface area contributed by atoms with Gasteiger partial charge in [0, 0.05) is 18.7 Å². The van der Waals surface area contributed by atoms with Crippen LogP contribution >= 0.6 is 0 Å². The van der Waals surface area contributed by atoms with Crippen molar-refractivity contribution in [2.75, 3.05) is 13.1 Å². The first-order valence-electron chi connectivity index (χ1n) is 6.17. The summed E-state index contributed by atoms with van der Waals surface area (Å²) in [6, 6.07) is 4.04. The van der Waals surface area contributed by atoms with E-state index in [4.69, 9.17) is 4.52 Å². The fourth-order valence-electron chi connectivity index (χ4n) is 2.05. The summed E-state index contributed by atoms with van der Waals surface area (Å²) in [5.74, 6) is 0.814. The van der Waals surface area contributed by atoms with Crippen molar-refractivity contribution in [2.24, 2.45) is 0 Å². The Morgan fingerprint density at radius 2 is 2.05 bits per heavy atom. The van der Waals surface area contributed by atoms with Gasteiger partial charge in [-0.15, -0.1) is 0 Å². The fourth-order valence-corrected chi connectivity index (χ4v) is 2.05. The van der Waals surface area contributed by atoms with Crippen molar-refractivity contribution in [3.8, 4) is 11.4 Å². The molecule has 1 aliphatic rings. The van der Waals surface area contributed by atoms with E-state index in [-0.39, 0.29) is 17.3 Å². The van der Waals surface area contributed by atoms with Gasteiger partial charge in [0.2, 0.25) is 11.7 Å². The standard InChI is InChI=1S/C13H12F3N3O/c1-7-2-3-8(4-10(7)13(14,15)16)11-18-12(20-19-11)9-5-17-6-9/h2-4,9,17H,5-6H2,1H3. The molecule has 1 saturated heterocycles. The van der Waals surface area contributed by atoms with Gasteiger partial charge in [0.15, 0.2) is 0 Å². The molecule has 0 amide bonds. The van der Waals surface area contributed by atoms with Crippen molar-refractivity contribution in [1.29, 1.82) is 0 Å². The van der Waals surface area contributed by atoms with Crippen molar-refractivity contribution in [2.45, 2.75) is 19.0 Å². The molecule has 1 aromatic heterocycles. The van der Waals surface area contributed by atoms with Crippen LogP contribution in [0.5, 0.6) is 0 Å². The molecule has 0 atom stereocenters. The third kappa shape index (κ3) is 2.29. The van der Waals surface area contributed by atoms with Crippen LogP contribution in [0.25, 0.3) is 11.4 Å². The van der Waals surface area contributed by atoms with E-state index in [0.29, 0.717) is 11.5 Å². The lowest BCUT2D eigenvalue weighted by molar-refractivity contribution is -0.138. The first-order chi connectivity index (χ1) is 9.45. The smallest absolute Gasteiger partial charge is 0.339 e. The molecule has 1 aliphatic heterocycles. The van der Waals surface area contributed by atoms with Crippen LogP contribution in [0.3, 0.4) is 0 Å². The van der Waals surface area contributed by atoms with Gasteiger partial charge in [0.05, 0.1) is 11.5 Å². The van der Waals surface area contributed by atoms with Crippen molar-refractivity contribution < 1.29 is 17.7 Å². The minimum atomic E-state index is -4.38. The van der Waals surface area contributed by atoms with Gasteiger partial charge >= 0.3 is 6.18 Å². The van der Waals surface area contributed by atoms with Crippen LogP contribution in [0.1, 0.15) is 22.9 Å². The lowest BCUT2D eigenvalue weighted by Gasteiger charge is -2.22. The molecule has 0 aliphatic carbocycles. The molecule has 106 valence electrons. The Bertz CT molecular complexity index is 632. The fraction of sp³-hybridized carbons (Fsp3) is 0.385. The average Bonchev–Trinajstić information content (AvgIpc) is 2.75. The van der Waals surface area contributed by atoms with Crippen LogP contribution in [0.4, 0.5) is 13.2 Å². The Kier molecular flexibility index (Phi) is 3.01. The maximum Gasteiger partial charge on any atom is 0.416 e. The normalized spacial score (nSPS) is 16.2. The van der Waals surface area contributed by atoms with E-state index in [9.17, 15) is 13.2 Å². The second-order valence-corrected chi connectivity index (χ2v) is 4.84. The Labute approximate surface area is 113 Å². The first-order valence-corrected chi connectivity index (χ1v) is 6.17. The monoisotopic (exact) mass is 283 g/mol. The van der Waals surface area contributed by atoms with Crippen LogP contribution in [0.15, 0.2) is 22.7 Å². The molecule has 20 heavy (non-hydrogen) atoms. The van der Waals surface area contributed by atoms with Crippen molar-refractivity contribution in [3.05, 3.63) is 35.2 Å². The molecule has 0 spiro atoms. The molecule has 0 bridgehead atoms. The third-order valence-corrected chi connectivity index (χ3v) is 3.37. The average molecular weight is 283 g/mol. The van der Waals surface area contributed by atoms with Gasteiger partial charge in [-0.25, -0.2) is 0 Å². The minimum absolute atomic E-state index is 0.156. The van der Waals surface area contributed by atoms with Crippen LogP contribution in [0, 0.1) is 6.92 Å². The summed E-state index contributed by atoms with van der Waals surface area (Å²) >= 11 is 0. The number of benzene rings is 1. The predicted octanol–water partition coefficient (Wildman–Crippen LogP) is 2.75. The maximum absolute atomic E-state index is 12.9. The van der Waals surface area contributed by atoms with E-state index < -0.39 is 11.7 Å². The SMILES string of the molecule is Cc1ccc(-c2noc(C3CNC3)n2)cc1C(F)(F)F. The van der Waals surface area contributed by atoms with Gasteiger partial charge in [-0.3, -0.25) is 0 Å². The van der Waals surface area contributed by atoms with Crippen molar-refractivity contribution in [1.82, 2.24) is 15.5 Å². The van der Waals surface area contributed by atoms with E-state index in [0.717, 1.165) is 19.2 Å². The lowest BCUT2D eigenvalue weighted by atomic mass is 10.0. The zero-order valence-corrected chi connectivity index (χ0v) is 10.7. The van der Waals surface area contributed by atoms with E-state index in [1.54, 1.807) is 6.07 Å². The highest BCUT2D eigenvalue weighted by Crippen LogP contribution is 2.34. The zero-order chi connectivity index (χ0) is 14.3. The molecule has 1 aromatic carbocycles. The Morgan fingerprint density at radius 3 is 2.65 bits per heavy atom. The summed E-state index contributed by atoms with van der Waals surface area (Å²) in [5, 5.41) is 6.83. The third-order valence-electron chi connectivity index (χ3n) is 3.37. The van der Waals surface area contributed by atoms with Crippen LogP contribution in [0.2, 0.25) is 0 Å². The number of rotatable bonds is 2. The Hall–Kier alpha value is -1.89. The van der Waals surface area contributed by atoms with Crippen LogP contribution in [-0.4, -0.2) is 23.2 Å². The maximum atomic E-state index is 12.9. The van der Waals surface area contributed by atoms with Gasteiger partial charge in [-0.1, -0.05) is 17.3 Å². The summed E-state index contributed by atoms with van der Waals surface area (Å²) in [5.41, 5.74) is -0.190. The molecule has 3 rings (SSSR count). The topological polar surface area (TPSA) is 51.0 Å². The van der Waals surface area contributed by atoms with Crippen molar-refractivity contribution in [3.63, 3.8) is 0 Å². The minimum Gasteiger partial charge on any atom is -0.339 e. The number of hydrogen-bond acceptors (Lipinski definition) is 4. The highest BCUT2D eigenvalue weighted by Gasteiger charge is 2.33. The number of aryl methyl sites for hydroxylation is 1. The second-order valence-electron chi connectivity index (χ2n) is 4.84. The van der Waals surface area contributed by atoms with Crippen molar-refractivity contribution >= 4 is 0 Å². The molecule has 7 heteroatoms. The molecule has 4 nitrogen and oxygen atoms in total. The highest BCUT2D eigenvalue weighted by molar-refractivity contribution is 5.57. The van der Waals surface area contributed by atoms with Gasteiger partial charge in [-0.2, -0.15) is 18.2 Å². The molecule has 0 radical (unpaired) electrons. The Morgan fingerprint density at radius 1 is 1.30 bits per heavy atom. The summed E-state index contributed by atoms with van der Waals surface area (Å²) in [4.78, 5) is 4.17. The molecule has 2 heterocycles. The zero-order valence-electron chi connectivity index (χ0n) is 10.7. The van der Waals surface area contributed by atoms with E-state index >= 15 is 0 Å². The van der Waals surface area contributed by atoms with Gasteiger partial charge in [0.25, 0.3) is 0 Å². The Balaban J connectivity index is 1.95. The summed E-state index contributed by atoms with van der Waals surface area (Å²) < 4.78 is 43.7. The number of halogens is 3. The second kappa shape index (κ2) is 4.59. The molecule has 0 unspecified atom stereocenters. The quantitative estimate of drug-likeness (QED) is 0.920. The first kappa shape index (κ1) is 13.1. The molecular formula is C13H12F3N3O. The highest BCUT2D eigenvalue weighted by atomic mass is 19.4. The van der Waals surface area contributed by atoms with Gasteiger partial charge in [0.1, 0.15) is 0 Å². The summed E-state index contributed by atoms with van der Waals surface area (Å²) in [6.45, 7) is 2.93. The number of aromatic nitrogens is 2. The number of alkyl halides is 3. The lowest BCUT2D eigenvalue weighted by Crippen LogP contribution is -2.40. The number of nitrogens with zero attached hydrogens (tertiary/aromatic N) is 2. The van der Waals surface area contributed by atoms with E-state index in [1.807, 2.05) is 0 Å². The van der Waals surface area contributed by atoms with Crippen LogP contribution < -0.4 is 5.32 Å². The number of nitrogens with one attached hydrogen (secondary N) is 1. The summed E-state index contributed by atoms with van der Waals surface area (Å²) in [7, 11) is 0.